The fraction of sp³-hybridized carbons (Fsp3) is 0. The van der Waals surface area contributed by atoms with E-state index < -0.39 is 6.04 Å². The van der Waals surface area contributed by atoms with E-state index >= 15 is 0 Å². The molecule has 10 rings (SSSR count). The number of nitrogens with zero attached hydrogens (tertiary/aromatic N) is 4. The van der Waals surface area contributed by atoms with Crippen LogP contribution in [0.2, 0.25) is 0 Å². The molecular formula is C45H28N4O. The van der Waals surface area contributed by atoms with Crippen molar-refractivity contribution in [3.8, 4) is 51.0 Å². The van der Waals surface area contributed by atoms with E-state index in [1.54, 1.807) is 0 Å². The Labute approximate surface area is 294 Å². The summed E-state index contributed by atoms with van der Waals surface area (Å²) in [4.78, 5) is 14.7. The van der Waals surface area contributed by atoms with E-state index in [0.717, 1.165) is 66.1 Å². The molecule has 234 valence electrons. The van der Waals surface area contributed by atoms with E-state index in [1.165, 1.54) is 0 Å². The average molecular weight is 646 g/mol. The number of hydrogen-bond acceptors (Lipinski definition) is 4. The number of benzene rings is 7. The minimum atomic E-state index is -0.416. The molecule has 0 atom stereocenters. The van der Waals surface area contributed by atoms with Crippen LogP contribution in [0.5, 0.6) is 0 Å². The Morgan fingerprint density at radius 2 is 1.06 bits per heavy atom. The highest BCUT2D eigenvalue weighted by Gasteiger charge is 2.18. The standard InChI is InChI=1S/C45H28N4O/c1-4-13-29(14-5-1)34-20-12-22-39-42(34)35-19-10-11-21-38(35)49(39)33-24-26-41-37(28-33)36-27-32(23-25-40(36)50-41)45-47-43(30-15-6-2-7-16-30)46-44(48-45)31-17-8-3-9-18-31/h1-28H/i1D,4D,5D,13D,14D. The smallest absolute Gasteiger partial charge is 0.164 e. The van der Waals surface area contributed by atoms with Gasteiger partial charge in [-0.2, -0.15) is 0 Å². The Kier molecular flexibility index (Phi) is 5.35. The Bertz CT molecular complexity index is 3070. The average Bonchev–Trinajstić information content (AvgIpc) is 3.78. The molecule has 0 aliphatic heterocycles. The first-order valence-electron chi connectivity index (χ1n) is 18.8. The Morgan fingerprint density at radius 1 is 0.460 bits per heavy atom. The zero-order chi connectivity index (χ0) is 37.4. The third-order valence-electron chi connectivity index (χ3n) is 9.14. The van der Waals surface area contributed by atoms with Gasteiger partial charge in [0.1, 0.15) is 11.2 Å². The normalized spacial score (nSPS) is 13.0. The molecule has 10 aromatic rings. The predicted molar refractivity (Wildman–Crippen MR) is 203 cm³/mol. The van der Waals surface area contributed by atoms with Crippen LogP contribution in [0.3, 0.4) is 0 Å². The number of rotatable bonds is 5. The fourth-order valence-corrected chi connectivity index (χ4v) is 6.87. The van der Waals surface area contributed by atoms with Crippen molar-refractivity contribution < 1.29 is 11.3 Å². The molecular weight excluding hydrogens is 613 g/mol. The highest BCUT2D eigenvalue weighted by molar-refractivity contribution is 6.16. The number of aromatic nitrogens is 4. The summed E-state index contributed by atoms with van der Waals surface area (Å²) < 4.78 is 50.9. The summed E-state index contributed by atoms with van der Waals surface area (Å²) in [6, 6.07) is 43.9. The first kappa shape index (κ1) is 23.5. The molecule has 7 aromatic carbocycles. The predicted octanol–water partition coefficient (Wildman–Crippen LogP) is 11.5. The summed E-state index contributed by atoms with van der Waals surface area (Å²) in [7, 11) is 0. The van der Waals surface area contributed by atoms with Gasteiger partial charge < -0.3 is 8.98 Å². The molecule has 3 heterocycles. The fourth-order valence-electron chi connectivity index (χ4n) is 6.87. The van der Waals surface area contributed by atoms with Gasteiger partial charge in [0, 0.05) is 43.9 Å². The molecule has 0 N–H and O–H groups in total. The third kappa shape index (κ3) is 4.60. The molecule has 0 saturated heterocycles. The minimum Gasteiger partial charge on any atom is -0.456 e. The molecule has 0 fully saturated rings. The van der Waals surface area contributed by atoms with Gasteiger partial charge in [-0.3, -0.25) is 0 Å². The molecule has 0 bridgehead atoms. The Morgan fingerprint density at radius 3 is 1.78 bits per heavy atom. The van der Waals surface area contributed by atoms with Gasteiger partial charge in [-0.1, -0.05) is 121 Å². The molecule has 5 heteroatoms. The first-order valence-corrected chi connectivity index (χ1v) is 16.3. The van der Waals surface area contributed by atoms with Crippen LogP contribution < -0.4 is 0 Å². The molecule has 0 amide bonds. The summed E-state index contributed by atoms with van der Waals surface area (Å²) >= 11 is 0. The Hall–Kier alpha value is -6.85. The van der Waals surface area contributed by atoms with Gasteiger partial charge in [0.2, 0.25) is 0 Å². The molecule has 0 saturated carbocycles. The third-order valence-corrected chi connectivity index (χ3v) is 9.14. The zero-order valence-electron chi connectivity index (χ0n) is 31.5. The lowest BCUT2D eigenvalue weighted by Crippen LogP contribution is -2.00. The van der Waals surface area contributed by atoms with Crippen molar-refractivity contribution in [2.24, 2.45) is 0 Å². The van der Waals surface area contributed by atoms with Crippen LogP contribution >= 0.6 is 0 Å². The van der Waals surface area contributed by atoms with Gasteiger partial charge in [0.05, 0.1) is 17.9 Å². The van der Waals surface area contributed by atoms with E-state index in [0.29, 0.717) is 23.0 Å². The van der Waals surface area contributed by atoms with Crippen LogP contribution in [0, 0.1) is 0 Å². The van der Waals surface area contributed by atoms with Crippen LogP contribution in [-0.2, 0) is 0 Å². The van der Waals surface area contributed by atoms with Crippen LogP contribution in [0.25, 0.3) is 94.7 Å². The van der Waals surface area contributed by atoms with Crippen molar-refractivity contribution in [1.82, 2.24) is 19.5 Å². The summed E-state index contributed by atoms with van der Waals surface area (Å²) in [5.74, 6) is 1.71. The summed E-state index contributed by atoms with van der Waals surface area (Å²) in [6.07, 6.45) is 0. The van der Waals surface area contributed by atoms with E-state index in [4.69, 9.17) is 26.2 Å². The van der Waals surface area contributed by atoms with E-state index in [2.05, 4.69) is 16.7 Å². The quantitative estimate of drug-likeness (QED) is 0.187. The molecule has 0 aliphatic rings. The van der Waals surface area contributed by atoms with Gasteiger partial charge >= 0.3 is 0 Å². The Balaban J connectivity index is 1.17. The second-order valence-corrected chi connectivity index (χ2v) is 12.1. The monoisotopic (exact) mass is 645 g/mol. The topological polar surface area (TPSA) is 56.7 Å². The van der Waals surface area contributed by atoms with Crippen LogP contribution in [-0.4, -0.2) is 19.5 Å². The van der Waals surface area contributed by atoms with E-state index in [1.807, 2.05) is 127 Å². The first-order chi connectivity index (χ1) is 26.9. The largest absolute Gasteiger partial charge is 0.456 e. The molecule has 0 spiro atoms. The molecule has 0 radical (unpaired) electrons. The summed E-state index contributed by atoms with van der Waals surface area (Å²) in [6.45, 7) is 0. The lowest BCUT2D eigenvalue weighted by atomic mass is 9.99. The number of para-hydroxylation sites is 1. The van der Waals surface area contributed by atoms with Crippen LogP contribution in [0.15, 0.2) is 174 Å². The maximum atomic E-state index is 8.76. The SMILES string of the molecule is [2H]c1c([2H])c([2H])c(-c2cccc3c2c2ccccc2n3-c2ccc3oc4ccc(-c5nc(-c6ccccc6)nc(-c6ccccc6)n5)cc4c3c2)c([2H])c1[2H]. The highest BCUT2D eigenvalue weighted by Crippen LogP contribution is 2.40. The summed E-state index contributed by atoms with van der Waals surface area (Å²) in [5, 5.41) is 3.51. The zero-order valence-corrected chi connectivity index (χ0v) is 26.5. The molecule has 50 heavy (non-hydrogen) atoms. The van der Waals surface area contributed by atoms with E-state index in [9.17, 15) is 0 Å². The summed E-state index contributed by atoms with van der Waals surface area (Å²) in [5.41, 5.74) is 7.43. The van der Waals surface area contributed by atoms with Crippen molar-refractivity contribution >= 4 is 43.7 Å². The second-order valence-electron chi connectivity index (χ2n) is 12.1. The minimum absolute atomic E-state index is 0.174. The highest BCUT2D eigenvalue weighted by atomic mass is 16.3. The van der Waals surface area contributed by atoms with Crippen LogP contribution in [0.1, 0.15) is 6.85 Å². The molecule has 0 unspecified atom stereocenters. The van der Waals surface area contributed by atoms with Crippen molar-refractivity contribution in [3.63, 3.8) is 0 Å². The number of fused-ring (bicyclic) bond motifs is 6. The molecule has 3 aromatic heterocycles. The van der Waals surface area contributed by atoms with Crippen molar-refractivity contribution in [2.75, 3.05) is 0 Å². The van der Waals surface area contributed by atoms with E-state index in [-0.39, 0.29) is 29.7 Å². The lowest BCUT2D eigenvalue weighted by molar-refractivity contribution is 0.669. The van der Waals surface area contributed by atoms with Crippen LogP contribution in [0.4, 0.5) is 0 Å². The maximum Gasteiger partial charge on any atom is 0.164 e. The van der Waals surface area contributed by atoms with Gasteiger partial charge in [0.15, 0.2) is 17.5 Å². The molecule has 5 nitrogen and oxygen atoms in total. The lowest BCUT2D eigenvalue weighted by Gasteiger charge is -2.09. The number of hydrogen-bond donors (Lipinski definition) is 0. The van der Waals surface area contributed by atoms with Gasteiger partial charge in [0.25, 0.3) is 0 Å². The van der Waals surface area contributed by atoms with Gasteiger partial charge in [-0.25, -0.2) is 15.0 Å². The van der Waals surface area contributed by atoms with Crippen molar-refractivity contribution in [2.45, 2.75) is 0 Å². The van der Waals surface area contributed by atoms with Gasteiger partial charge in [-0.05, 0) is 59.7 Å². The number of furan rings is 1. The van der Waals surface area contributed by atoms with Crippen molar-refractivity contribution in [3.05, 3.63) is 170 Å². The second kappa shape index (κ2) is 11.4. The molecule has 0 aliphatic carbocycles. The maximum absolute atomic E-state index is 8.76. The van der Waals surface area contributed by atoms with Gasteiger partial charge in [-0.15, -0.1) is 0 Å². The van der Waals surface area contributed by atoms with Crippen molar-refractivity contribution in [1.29, 1.82) is 0 Å².